The highest BCUT2D eigenvalue weighted by Crippen LogP contribution is 2.44. The lowest BCUT2D eigenvalue weighted by Gasteiger charge is -2.14. The van der Waals surface area contributed by atoms with Crippen LogP contribution in [0, 0.1) is 6.92 Å². The normalized spacial score (nSPS) is 11.2. The Morgan fingerprint density at radius 3 is 2.50 bits per heavy atom. The first-order chi connectivity index (χ1) is 10.3. The molecule has 3 aromatic rings. The first-order valence-corrected chi connectivity index (χ1v) is 7.77. The molecule has 0 amide bonds. The number of carboxylic acids is 1. The minimum atomic E-state index is -1.18. The van der Waals surface area contributed by atoms with Gasteiger partial charge in [-0.2, -0.15) is 0 Å². The highest BCUT2D eigenvalue weighted by Gasteiger charge is 2.23. The van der Waals surface area contributed by atoms with E-state index in [4.69, 9.17) is 0 Å². The number of nitrogens with zero attached hydrogens (tertiary/aromatic N) is 1. The van der Waals surface area contributed by atoms with Crippen LogP contribution in [0.2, 0.25) is 0 Å². The third-order valence-corrected chi connectivity index (χ3v) is 4.77. The number of carbonyl (C=O) groups is 1. The maximum absolute atomic E-state index is 11.8. The second-order valence-corrected chi connectivity index (χ2v) is 6.52. The van der Waals surface area contributed by atoms with Crippen LogP contribution in [0.1, 0.15) is 15.9 Å². The number of phenols is 2. The van der Waals surface area contributed by atoms with Crippen LogP contribution in [0.4, 0.5) is 0 Å². The zero-order valence-corrected chi connectivity index (χ0v) is 14.4. The van der Waals surface area contributed by atoms with Crippen molar-refractivity contribution in [1.82, 2.24) is 4.98 Å². The number of benzene rings is 2. The number of pyridine rings is 1. The molecule has 0 saturated carbocycles. The lowest BCUT2D eigenvalue weighted by atomic mass is 9.99. The van der Waals surface area contributed by atoms with Crippen LogP contribution in [-0.2, 0) is 0 Å². The van der Waals surface area contributed by atoms with Crippen LogP contribution in [0.15, 0.2) is 27.1 Å². The van der Waals surface area contributed by atoms with Crippen molar-refractivity contribution >= 4 is 59.6 Å². The van der Waals surface area contributed by atoms with Crippen LogP contribution in [0.5, 0.6) is 11.5 Å². The highest BCUT2D eigenvalue weighted by molar-refractivity contribution is 9.11. The van der Waals surface area contributed by atoms with E-state index in [-0.39, 0.29) is 38.0 Å². The van der Waals surface area contributed by atoms with Crippen LogP contribution in [0.25, 0.3) is 21.8 Å². The molecule has 22 heavy (non-hydrogen) atoms. The molecule has 2 aromatic carbocycles. The smallest absolute Gasteiger partial charge is 0.337 e. The highest BCUT2D eigenvalue weighted by atomic mass is 79.9. The third-order valence-electron chi connectivity index (χ3n) is 3.52. The number of phenolic OH excluding ortho intramolecular Hbond substituents is 2. The van der Waals surface area contributed by atoms with E-state index in [0.29, 0.717) is 15.4 Å². The Morgan fingerprint density at radius 2 is 1.86 bits per heavy atom. The zero-order chi connectivity index (χ0) is 16.2. The van der Waals surface area contributed by atoms with E-state index < -0.39 is 5.97 Å². The molecule has 112 valence electrons. The fraction of sp³-hybridized carbons (Fsp3) is 0.0667. The molecule has 1 aromatic heterocycles. The first kappa shape index (κ1) is 15.1. The molecular weight excluding hydrogens is 418 g/mol. The van der Waals surface area contributed by atoms with Gasteiger partial charge in [0.2, 0.25) is 0 Å². The number of rotatable bonds is 1. The molecule has 0 radical (unpaired) electrons. The van der Waals surface area contributed by atoms with Gasteiger partial charge >= 0.3 is 5.97 Å². The Balaban J connectivity index is 2.70. The minimum absolute atomic E-state index is 0.0531. The first-order valence-electron chi connectivity index (χ1n) is 6.19. The van der Waals surface area contributed by atoms with Crippen molar-refractivity contribution in [3.8, 4) is 11.5 Å². The van der Waals surface area contributed by atoms with Gasteiger partial charge in [0, 0.05) is 15.4 Å². The quantitative estimate of drug-likeness (QED) is 0.504. The van der Waals surface area contributed by atoms with E-state index in [0.717, 1.165) is 0 Å². The van der Waals surface area contributed by atoms with Gasteiger partial charge in [-0.05, 0) is 41.1 Å². The van der Waals surface area contributed by atoms with Gasteiger partial charge in [-0.1, -0.05) is 15.9 Å². The predicted molar refractivity (Wildman–Crippen MR) is 89.7 cm³/mol. The van der Waals surface area contributed by atoms with E-state index in [9.17, 15) is 20.1 Å². The summed E-state index contributed by atoms with van der Waals surface area (Å²) in [6.45, 7) is 1.51. The Hall–Kier alpha value is -1.86. The number of hydrogen-bond donors (Lipinski definition) is 3. The summed E-state index contributed by atoms with van der Waals surface area (Å²) in [7, 11) is 0. The maximum atomic E-state index is 11.8. The molecule has 0 bridgehead atoms. The van der Waals surface area contributed by atoms with Gasteiger partial charge in [0.15, 0.2) is 0 Å². The molecule has 0 spiro atoms. The van der Waals surface area contributed by atoms with Crippen molar-refractivity contribution < 1.29 is 20.1 Å². The van der Waals surface area contributed by atoms with E-state index >= 15 is 0 Å². The van der Waals surface area contributed by atoms with Crippen molar-refractivity contribution in [2.24, 2.45) is 0 Å². The molecular formula is C15H9Br2NO4. The molecule has 0 aliphatic carbocycles. The lowest BCUT2D eigenvalue weighted by Crippen LogP contribution is -2.02. The minimum Gasteiger partial charge on any atom is -0.507 e. The Kier molecular flexibility index (Phi) is 3.49. The fourth-order valence-corrected chi connectivity index (χ4v) is 3.37. The SMILES string of the molecule is Cc1c(O)c(Br)c2nc3ccc(Br)cc3c(C(=O)O)c2c1O. The molecule has 0 unspecified atom stereocenters. The number of halogens is 2. The van der Waals surface area contributed by atoms with Gasteiger partial charge in [-0.25, -0.2) is 9.78 Å². The fourth-order valence-electron chi connectivity index (χ4n) is 2.42. The van der Waals surface area contributed by atoms with E-state index in [1.807, 2.05) is 0 Å². The topological polar surface area (TPSA) is 90.7 Å². The summed E-state index contributed by atoms with van der Waals surface area (Å²) in [5.41, 5.74) is 0.796. The van der Waals surface area contributed by atoms with E-state index in [1.165, 1.54) is 6.92 Å². The molecule has 3 rings (SSSR count). The van der Waals surface area contributed by atoms with Crippen molar-refractivity contribution in [2.45, 2.75) is 6.92 Å². The molecule has 7 heteroatoms. The number of fused-ring (bicyclic) bond motifs is 2. The Bertz CT molecular complexity index is 969. The number of hydrogen-bond acceptors (Lipinski definition) is 4. The summed E-state index contributed by atoms with van der Waals surface area (Å²) < 4.78 is 0.961. The van der Waals surface area contributed by atoms with Crippen LogP contribution in [0.3, 0.4) is 0 Å². The Morgan fingerprint density at radius 1 is 1.18 bits per heavy atom. The number of aromatic nitrogens is 1. The van der Waals surface area contributed by atoms with Crippen LogP contribution in [-0.4, -0.2) is 26.3 Å². The summed E-state index contributed by atoms with van der Waals surface area (Å²) in [5.74, 6) is -1.63. The summed E-state index contributed by atoms with van der Waals surface area (Å²) in [6.07, 6.45) is 0. The summed E-state index contributed by atoms with van der Waals surface area (Å²) in [6, 6.07) is 5.06. The number of carboxylic acid groups (broad SMARTS) is 1. The Labute approximate surface area is 141 Å². The molecule has 1 heterocycles. The standard InChI is InChI=1S/C15H9Br2NO4/c1-5-13(19)10-9(15(21)22)7-4-6(16)2-3-8(7)18-12(10)11(17)14(5)20/h2-4,19-20H,1H3,(H,21,22). The molecule has 0 atom stereocenters. The van der Waals surface area contributed by atoms with Crippen LogP contribution < -0.4 is 0 Å². The predicted octanol–water partition coefficient (Wildman–Crippen LogP) is 4.33. The summed E-state index contributed by atoms with van der Waals surface area (Å²) in [4.78, 5) is 16.1. The maximum Gasteiger partial charge on any atom is 0.337 e. The van der Waals surface area contributed by atoms with Crippen molar-refractivity contribution in [1.29, 1.82) is 0 Å². The molecule has 3 N–H and O–H groups in total. The number of aromatic carboxylic acids is 1. The second kappa shape index (κ2) is 5.10. The average molecular weight is 427 g/mol. The molecule has 0 fully saturated rings. The molecule has 0 aliphatic heterocycles. The van der Waals surface area contributed by atoms with Crippen molar-refractivity contribution in [2.75, 3.05) is 0 Å². The monoisotopic (exact) mass is 425 g/mol. The summed E-state index contributed by atoms with van der Waals surface area (Å²) >= 11 is 6.53. The molecule has 0 aliphatic rings. The van der Waals surface area contributed by atoms with E-state index in [1.54, 1.807) is 18.2 Å². The number of aromatic hydroxyl groups is 2. The average Bonchev–Trinajstić information content (AvgIpc) is 2.48. The second-order valence-electron chi connectivity index (χ2n) is 4.81. The van der Waals surface area contributed by atoms with Gasteiger partial charge in [-0.15, -0.1) is 0 Å². The van der Waals surface area contributed by atoms with E-state index in [2.05, 4.69) is 36.8 Å². The molecule has 5 nitrogen and oxygen atoms in total. The van der Waals surface area contributed by atoms with Crippen molar-refractivity contribution in [3.63, 3.8) is 0 Å². The van der Waals surface area contributed by atoms with Crippen LogP contribution >= 0.6 is 31.9 Å². The van der Waals surface area contributed by atoms with Gasteiger partial charge in [0.25, 0.3) is 0 Å². The van der Waals surface area contributed by atoms with Crippen molar-refractivity contribution in [3.05, 3.63) is 38.3 Å². The molecule has 0 saturated heterocycles. The van der Waals surface area contributed by atoms with Gasteiger partial charge in [0.05, 0.1) is 26.5 Å². The van der Waals surface area contributed by atoms with Gasteiger partial charge < -0.3 is 15.3 Å². The summed E-state index contributed by atoms with van der Waals surface area (Å²) in [5, 5.41) is 30.5. The third kappa shape index (κ3) is 2.04. The lowest BCUT2D eigenvalue weighted by molar-refractivity contribution is 0.0700. The largest absolute Gasteiger partial charge is 0.507 e. The van der Waals surface area contributed by atoms with Gasteiger partial charge in [0.1, 0.15) is 11.5 Å². The zero-order valence-electron chi connectivity index (χ0n) is 11.2. The van der Waals surface area contributed by atoms with Gasteiger partial charge in [-0.3, -0.25) is 0 Å².